The largest absolute Gasteiger partial charge is 0.377 e. The standard InChI is InChI=1S/C14H19F2N5O2S/c1-3-4-8-5-20(13(22)17-8)6-9-11(12(15)16)18-14-21(9)19-10(24-14)7-23-2/h8,12H,3-7H2,1-2H3,(H,17,22)/t8-/m0/s1. The van der Waals surface area contributed by atoms with Crippen LogP contribution in [0, 0.1) is 0 Å². The van der Waals surface area contributed by atoms with Crippen LogP contribution in [0.25, 0.3) is 4.96 Å². The average molecular weight is 359 g/mol. The van der Waals surface area contributed by atoms with Crippen LogP contribution in [0.2, 0.25) is 0 Å². The lowest BCUT2D eigenvalue weighted by molar-refractivity contribution is 0.143. The van der Waals surface area contributed by atoms with E-state index < -0.39 is 6.43 Å². The molecule has 1 atom stereocenters. The maximum atomic E-state index is 13.3. The zero-order valence-corrected chi connectivity index (χ0v) is 14.3. The first-order chi connectivity index (χ1) is 11.5. The van der Waals surface area contributed by atoms with Gasteiger partial charge in [0, 0.05) is 19.7 Å². The maximum absolute atomic E-state index is 13.3. The van der Waals surface area contributed by atoms with Crippen LogP contribution in [0.4, 0.5) is 13.6 Å². The first-order valence-corrected chi connectivity index (χ1v) is 8.54. The molecule has 7 nitrogen and oxygen atoms in total. The van der Waals surface area contributed by atoms with E-state index in [4.69, 9.17) is 4.74 Å². The van der Waals surface area contributed by atoms with Crippen molar-refractivity contribution in [1.82, 2.24) is 24.8 Å². The fraction of sp³-hybridized carbons (Fsp3) is 0.643. The summed E-state index contributed by atoms with van der Waals surface area (Å²) in [5.41, 5.74) is -0.0599. The highest BCUT2D eigenvalue weighted by Gasteiger charge is 2.31. The number of rotatable bonds is 7. The van der Waals surface area contributed by atoms with Gasteiger partial charge in [-0.05, 0) is 6.42 Å². The van der Waals surface area contributed by atoms with E-state index >= 15 is 0 Å². The molecule has 1 aliphatic rings. The maximum Gasteiger partial charge on any atom is 0.318 e. The molecule has 0 saturated carbocycles. The van der Waals surface area contributed by atoms with Crippen LogP contribution in [0.15, 0.2) is 0 Å². The zero-order valence-electron chi connectivity index (χ0n) is 13.5. The van der Waals surface area contributed by atoms with Crippen molar-refractivity contribution in [1.29, 1.82) is 0 Å². The van der Waals surface area contributed by atoms with Crippen molar-refractivity contribution >= 4 is 22.3 Å². The van der Waals surface area contributed by atoms with Gasteiger partial charge in [-0.15, -0.1) is 0 Å². The Morgan fingerprint density at radius 1 is 1.50 bits per heavy atom. The Kier molecular flexibility index (Phi) is 4.95. The SMILES string of the molecule is CCC[C@H]1CN(Cc2c(C(F)F)nc3sc(COC)nn23)C(=O)N1. The number of imidazole rings is 1. The van der Waals surface area contributed by atoms with Gasteiger partial charge >= 0.3 is 6.03 Å². The molecule has 0 bridgehead atoms. The van der Waals surface area contributed by atoms with E-state index in [1.807, 2.05) is 6.92 Å². The number of nitrogens with one attached hydrogen (secondary N) is 1. The Bertz CT molecular complexity index is 732. The third kappa shape index (κ3) is 3.20. The number of carbonyl (C=O) groups excluding carboxylic acids is 1. The zero-order chi connectivity index (χ0) is 17.3. The number of hydrogen-bond donors (Lipinski definition) is 1. The van der Waals surface area contributed by atoms with E-state index in [1.54, 1.807) is 0 Å². The number of alkyl halides is 2. The normalized spacial score (nSPS) is 18.1. The summed E-state index contributed by atoms with van der Waals surface area (Å²) in [6.45, 7) is 2.89. The molecule has 0 unspecified atom stereocenters. The summed E-state index contributed by atoms with van der Waals surface area (Å²) >= 11 is 1.20. The van der Waals surface area contributed by atoms with Crippen molar-refractivity contribution in [2.75, 3.05) is 13.7 Å². The van der Waals surface area contributed by atoms with E-state index in [0.717, 1.165) is 12.8 Å². The highest BCUT2D eigenvalue weighted by atomic mass is 32.1. The minimum absolute atomic E-state index is 0.0559. The van der Waals surface area contributed by atoms with Crippen LogP contribution in [0.5, 0.6) is 0 Å². The molecule has 2 aromatic rings. The van der Waals surface area contributed by atoms with Crippen molar-refractivity contribution in [3.63, 3.8) is 0 Å². The van der Waals surface area contributed by atoms with Crippen LogP contribution in [-0.2, 0) is 17.9 Å². The van der Waals surface area contributed by atoms with E-state index in [0.29, 0.717) is 23.1 Å². The predicted molar refractivity (Wildman–Crippen MR) is 84.2 cm³/mol. The minimum atomic E-state index is -2.71. The molecule has 1 N–H and O–H groups in total. The highest BCUT2D eigenvalue weighted by Crippen LogP contribution is 2.28. The van der Waals surface area contributed by atoms with Gasteiger partial charge in [0.2, 0.25) is 4.96 Å². The summed E-state index contributed by atoms with van der Waals surface area (Å²) in [4.78, 5) is 18.0. The third-order valence-corrected chi connectivity index (χ3v) is 4.76. The van der Waals surface area contributed by atoms with Gasteiger partial charge in [-0.1, -0.05) is 24.7 Å². The Balaban J connectivity index is 1.89. The first-order valence-electron chi connectivity index (χ1n) is 7.73. The Morgan fingerprint density at radius 3 is 2.96 bits per heavy atom. The fourth-order valence-corrected chi connectivity index (χ4v) is 3.73. The van der Waals surface area contributed by atoms with Gasteiger partial charge in [-0.25, -0.2) is 23.1 Å². The number of nitrogens with zero attached hydrogens (tertiary/aromatic N) is 4. The summed E-state index contributed by atoms with van der Waals surface area (Å²) in [6.07, 6.45) is -0.901. The second-order valence-corrected chi connectivity index (χ2v) is 6.72. The first kappa shape index (κ1) is 17.0. The monoisotopic (exact) mass is 359 g/mol. The molecule has 24 heavy (non-hydrogen) atoms. The molecule has 3 rings (SSSR count). The number of halogens is 2. The van der Waals surface area contributed by atoms with Crippen LogP contribution in [0.1, 0.15) is 42.6 Å². The Morgan fingerprint density at radius 2 is 2.29 bits per heavy atom. The highest BCUT2D eigenvalue weighted by molar-refractivity contribution is 7.16. The summed E-state index contributed by atoms with van der Waals surface area (Å²) in [5.74, 6) is 0. The van der Waals surface area contributed by atoms with Gasteiger partial charge < -0.3 is 15.0 Å². The van der Waals surface area contributed by atoms with Crippen molar-refractivity contribution in [3.8, 4) is 0 Å². The number of aromatic nitrogens is 3. The number of hydrogen-bond acceptors (Lipinski definition) is 5. The van der Waals surface area contributed by atoms with Crippen molar-refractivity contribution in [2.24, 2.45) is 0 Å². The lowest BCUT2D eigenvalue weighted by Crippen LogP contribution is -2.29. The summed E-state index contributed by atoms with van der Waals surface area (Å²) in [6, 6.07) is -0.184. The van der Waals surface area contributed by atoms with E-state index in [9.17, 15) is 13.6 Å². The van der Waals surface area contributed by atoms with Gasteiger partial charge in [0.25, 0.3) is 6.43 Å². The van der Waals surface area contributed by atoms with Crippen LogP contribution < -0.4 is 5.32 Å². The van der Waals surface area contributed by atoms with Gasteiger partial charge in [0.1, 0.15) is 10.7 Å². The number of amides is 2. The predicted octanol–water partition coefficient (Wildman–Crippen LogP) is 2.57. The minimum Gasteiger partial charge on any atom is -0.377 e. The van der Waals surface area contributed by atoms with Gasteiger partial charge in [0.15, 0.2) is 0 Å². The molecule has 1 fully saturated rings. The third-order valence-electron chi connectivity index (χ3n) is 3.88. The average Bonchev–Trinajstić information content (AvgIpc) is 3.15. The quantitative estimate of drug-likeness (QED) is 0.825. The molecule has 3 heterocycles. The van der Waals surface area contributed by atoms with Crippen LogP contribution in [-0.4, -0.2) is 45.2 Å². The fourth-order valence-electron chi connectivity index (χ4n) is 2.84. The van der Waals surface area contributed by atoms with Crippen molar-refractivity contribution in [3.05, 3.63) is 16.4 Å². The molecule has 0 radical (unpaired) electrons. The summed E-state index contributed by atoms with van der Waals surface area (Å²) < 4.78 is 33.1. The molecular weight excluding hydrogens is 340 g/mol. The summed E-state index contributed by atoms with van der Waals surface area (Å²) in [7, 11) is 1.54. The second-order valence-electron chi connectivity index (χ2n) is 5.68. The number of methoxy groups -OCH3 is 1. The van der Waals surface area contributed by atoms with Gasteiger partial charge in [0.05, 0.1) is 18.8 Å². The molecule has 132 valence electrons. The van der Waals surface area contributed by atoms with E-state index in [-0.39, 0.29) is 30.0 Å². The number of carbonyl (C=O) groups is 1. The number of urea groups is 1. The van der Waals surface area contributed by atoms with Gasteiger partial charge in [-0.2, -0.15) is 5.10 Å². The molecular formula is C14H19F2N5O2S. The van der Waals surface area contributed by atoms with Crippen LogP contribution in [0.3, 0.4) is 0 Å². The summed E-state index contributed by atoms with van der Waals surface area (Å²) in [5, 5.41) is 7.81. The van der Waals surface area contributed by atoms with Crippen LogP contribution >= 0.6 is 11.3 Å². The molecule has 10 heteroatoms. The lowest BCUT2D eigenvalue weighted by atomic mass is 10.2. The molecule has 1 saturated heterocycles. The second kappa shape index (κ2) is 6.98. The molecule has 0 aromatic carbocycles. The molecule has 2 aromatic heterocycles. The van der Waals surface area contributed by atoms with E-state index in [1.165, 1.54) is 27.9 Å². The topological polar surface area (TPSA) is 71.8 Å². The molecule has 1 aliphatic heterocycles. The number of fused-ring (bicyclic) bond motifs is 1. The van der Waals surface area contributed by atoms with Crippen molar-refractivity contribution in [2.45, 2.75) is 45.4 Å². The lowest BCUT2D eigenvalue weighted by Gasteiger charge is -2.14. The van der Waals surface area contributed by atoms with Crippen molar-refractivity contribution < 1.29 is 18.3 Å². The van der Waals surface area contributed by atoms with E-state index in [2.05, 4.69) is 15.4 Å². The molecule has 0 aliphatic carbocycles. The molecule has 0 spiro atoms. The Labute approximate surface area is 141 Å². The Hall–Kier alpha value is -1.81. The smallest absolute Gasteiger partial charge is 0.318 e. The molecule has 2 amide bonds. The number of ether oxygens (including phenoxy) is 1. The van der Waals surface area contributed by atoms with Gasteiger partial charge in [-0.3, -0.25) is 0 Å².